The molecule has 0 aromatic heterocycles. The summed E-state index contributed by atoms with van der Waals surface area (Å²) < 4.78 is 37.7. The number of carboxylic acids is 1. The van der Waals surface area contributed by atoms with E-state index >= 15 is 0 Å². The minimum Gasteiger partial charge on any atom is -0.478 e. The minimum atomic E-state index is -4.57. The summed E-state index contributed by atoms with van der Waals surface area (Å²) in [5.41, 5.74) is -1.18. The SMILES string of the molecule is O=C(O)c1cc(C=CCCCl)cc(C(F)(F)F)c1. The van der Waals surface area contributed by atoms with Crippen LogP contribution in [0.25, 0.3) is 6.08 Å². The Hall–Kier alpha value is -1.49. The molecule has 0 aliphatic carbocycles. The first-order valence-electron chi connectivity index (χ1n) is 5.02. The summed E-state index contributed by atoms with van der Waals surface area (Å²) in [4.78, 5) is 10.7. The Balaban J connectivity index is 3.18. The van der Waals surface area contributed by atoms with Crippen molar-refractivity contribution < 1.29 is 23.1 Å². The predicted octanol–water partition coefficient (Wildman–Crippen LogP) is 4.05. The normalized spacial score (nSPS) is 12.0. The Bertz CT molecular complexity index is 467. The van der Waals surface area contributed by atoms with Crippen LogP contribution in [0.4, 0.5) is 13.2 Å². The highest BCUT2D eigenvalue weighted by Gasteiger charge is 2.31. The first-order chi connectivity index (χ1) is 8.34. The molecule has 0 heterocycles. The number of carboxylic acid groups (broad SMARTS) is 1. The molecule has 6 heteroatoms. The molecule has 0 bridgehead atoms. The minimum absolute atomic E-state index is 0.187. The number of alkyl halides is 4. The highest BCUT2D eigenvalue weighted by atomic mass is 35.5. The topological polar surface area (TPSA) is 37.3 Å². The van der Waals surface area contributed by atoms with E-state index in [1.807, 2.05) is 0 Å². The first-order valence-corrected chi connectivity index (χ1v) is 5.56. The molecule has 1 aromatic rings. The van der Waals surface area contributed by atoms with Crippen LogP contribution in [0.2, 0.25) is 0 Å². The van der Waals surface area contributed by atoms with E-state index < -0.39 is 23.3 Å². The number of rotatable bonds is 4. The van der Waals surface area contributed by atoms with E-state index in [4.69, 9.17) is 16.7 Å². The Labute approximate surface area is 107 Å². The predicted molar refractivity (Wildman–Crippen MR) is 62.8 cm³/mol. The fourth-order valence-corrected chi connectivity index (χ4v) is 1.44. The molecule has 0 saturated heterocycles. The van der Waals surface area contributed by atoms with E-state index in [2.05, 4.69) is 0 Å². The largest absolute Gasteiger partial charge is 0.478 e. The third-order valence-corrected chi connectivity index (χ3v) is 2.33. The lowest BCUT2D eigenvalue weighted by molar-refractivity contribution is -0.137. The van der Waals surface area contributed by atoms with Gasteiger partial charge in [-0.05, 0) is 30.2 Å². The van der Waals surface area contributed by atoms with E-state index in [-0.39, 0.29) is 5.56 Å². The number of hydrogen-bond donors (Lipinski definition) is 1. The lowest BCUT2D eigenvalue weighted by Crippen LogP contribution is -2.08. The van der Waals surface area contributed by atoms with E-state index in [9.17, 15) is 18.0 Å². The average molecular weight is 279 g/mol. The quantitative estimate of drug-likeness (QED) is 0.844. The van der Waals surface area contributed by atoms with Crippen molar-refractivity contribution >= 4 is 23.6 Å². The summed E-state index contributed by atoms with van der Waals surface area (Å²) in [5.74, 6) is -1.05. The molecular formula is C12H10ClF3O2. The van der Waals surface area contributed by atoms with Crippen molar-refractivity contribution in [3.05, 3.63) is 41.0 Å². The van der Waals surface area contributed by atoms with Crippen LogP contribution < -0.4 is 0 Å². The van der Waals surface area contributed by atoms with Crippen LogP contribution in [0.3, 0.4) is 0 Å². The van der Waals surface area contributed by atoms with Crippen molar-refractivity contribution in [2.24, 2.45) is 0 Å². The van der Waals surface area contributed by atoms with Crippen LogP contribution in [0.1, 0.15) is 27.9 Å². The standard InChI is InChI=1S/C12H10ClF3O2/c13-4-2-1-3-8-5-9(11(17)18)7-10(6-8)12(14,15)16/h1,3,5-7H,2,4H2,(H,17,18). The molecule has 98 valence electrons. The van der Waals surface area contributed by atoms with Gasteiger partial charge in [0.25, 0.3) is 0 Å². The van der Waals surface area contributed by atoms with E-state index in [0.29, 0.717) is 18.4 Å². The zero-order valence-corrected chi connectivity index (χ0v) is 9.92. The second kappa shape index (κ2) is 5.91. The number of hydrogen-bond acceptors (Lipinski definition) is 1. The Morgan fingerprint density at radius 2 is 2.00 bits per heavy atom. The number of halogens is 4. The fraction of sp³-hybridized carbons (Fsp3) is 0.250. The average Bonchev–Trinajstić information content (AvgIpc) is 2.28. The summed E-state index contributed by atoms with van der Waals surface area (Å²) in [5, 5.41) is 8.76. The zero-order valence-electron chi connectivity index (χ0n) is 9.17. The smallest absolute Gasteiger partial charge is 0.416 e. The molecule has 1 rings (SSSR count). The van der Waals surface area contributed by atoms with Gasteiger partial charge >= 0.3 is 12.1 Å². The monoisotopic (exact) mass is 278 g/mol. The molecule has 0 spiro atoms. The van der Waals surface area contributed by atoms with Gasteiger partial charge in [-0.2, -0.15) is 13.2 Å². The molecule has 1 aromatic carbocycles. The van der Waals surface area contributed by atoms with E-state index in [1.165, 1.54) is 12.1 Å². The lowest BCUT2D eigenvalue weighted by Gasteiger charge is -2.08. The summed E-state index contributed by atoms with van der Waals surface area (Å²) in [6.07, 6.45) is -1.06. The van der Waals surface area contributed by atoms with E-state index in [0.717, 1.165) is 6.07 Å². The van der Waals surface area contributed by atoms with E-state index in [1.54, 1.807) is 6.08 Å². The van der Waals surface area contributed by atoms with Crippen LogP contribution in [-0.4, -0.2) is 17.0 Å². The fourth-order valence-electron chi connectivity index (χ4n) is 1.32. The van der Waals surface area contributed by atoms with Gasteiger partial charge in [-0.15, -0.1) is 11.6 Å². The molecule has 0 amide bonds. The van der Waals surface area contributed by atoms with Gasteiger partial charge in [-0.3, -0.25) is 0 Å². The Morgan fingerprint density at radius 3 is 2.50 bits per heavy atom. The molecule has 0 aliphatic rings. The van der Waals surface area contributed by atoms with Crippen LogP contribution in [-0.2, 0) is 6.18 Å². The lowest BCUT2D eigenvalue weighted by atomic mass is 10.0. The Kier molecular flexibility index (Phi) is 4.78. The van der Waals surface area contributed by atoms with Crippen molar-refractivity contribution in [3.8, 4) is 0 Å². The molecular weight excluding hydrogens is 269 g/mol. The number of aromatic carboxylic acids is 1. The van der Waals surface area contributed by atoms with Crippen LogP contribution in [0.15, 0.2) is 24.3 Å². The van der Waals surface area contributed by atoms with Crippen molar-refractivity contribution in [3.63, 3.8) is 0 Å². The third kappa shape index (κ3) is 4.07. The van der Waals surface area contributed by atoms with Gasteiger partial charge in [0.05, 0.1) is 11.1 Å². The summed E-state index contributed by atoms with van der Waals surface area (Å²) in [6.45, 7) is 0. The van der Waals surface area contributed by atoms with Gasteiger partial charge < -0.3 is 5.11 Å². The van der Waals surface area contributed by atoms with Gasteiger partial charge in [-0.25, -0.2) is 4.79 Å². The number of carbonyl (C=O) groups is 1. The molecule has 2 nitrogen and oxygen atoms in total. The van der Waals surface area contributed by atoms with Gasteiger partial charge in [0.2, 0.25) is 0 Å². The summed E-state index contributed by atoms with van der Waals surface area (Å²) >= 11 is 5.43. The molecule has 18 heavy (non-hydrogen) atoms. The third-order valence-electron chi connectivity index (χ3n) is 2.12. The molecule has 1 N–H and O–H groups in total. The molecule has 0 aliphatic heterocycles. The molecule has 0 atom stereocenters. The van der Waals surface area contributed by atoms with Crippen LogP contribution in [0.5, 0.6) is 0 Å². The second-order valence-electron chi connectivity index (χ2n) is 3.53. The second-order valence-corrected chi connectivity index (χ2v) is 3.90. The van der Waals surface area contributed by atoms with Crippen LogP contribution >= 0.6 is 11.6 Å². The Morgan fingerprint density at radius 1 is 1.33 bits per heavy atom. The van der Waals surface area contributed by atoms with Gasteiger partial charge in [0.15, 0.2) is 0 Å². The van der Waals surface area contributed by atoms with Crippen molar-refractivity contribution in [2.45, 2.75) is 12.6 Å². The first kappa shape index (κ1) is 14.6. The van der Waals surface area contributed by atoms with Gasteiger partial charge in [-0.1, -0.05) is 12.2 Å². The van der Waals surface area contributed by atoms with Crippen molar-refractivity contribution in [1.82, 2.24) is 0 Å². The highest BCUT2D eigenvalue weighted by molar-refractivity contribution is 6.17. The molecule has 0 unspecified atom stereocenters. The summed E-state index contributed by atoms with van der Waals surface area (Å²) in [6, 6.07) is 2.70. The van der Waals surface area contributed by atoms with Crippen LogP contribution in [0, 0.1) is 0 Å². The van der Waals surface area contributed by atoms with Gasteiger partial charge in [0.1, 0.15) is 0 Å². The van der Waals surface area contributed by atoms with Crippen molar-refractivity contribution in [1.29, 1.82) is 0 Å². The maximum Gasteiger partial charge on any atom is 0.416 e. The molecule has 0 radical (unpaired) electrons. The maximum absolute atomic E-state index is 12.6. The van der Waals surface area contributed by atoms with Crippen molar-refractivity contribution in [2.75, 3.05) is 5.88 Å². The number of benzene rings is 1. The maximum atomic E-state index is 12.6. The zero-order chi connectivity index (χ0) is 13.8. The molecule has 0 saturated carbocycles. The highest BCUT2D eigenvalue weighted by Crippen LogP contribution is 2.31. The van der Waals surface area contributed by atoms with Gasteiger partial charge in [0, 0.05) is 5.88 Å². The molecule has 0 fully saturated rings. The number of allylic oxidation sites excluding steroid dienone is 1. The summed E-state index contributed by atoms with van der Waals surface area (Å²) in [7, 11) is 0.